The molecule has 0 bridgehead atoms. The van der Waals surface area contributed by atoms with Crippen molar-refractivity contribution < 1.29 is 9.39 Å². The highest BCUT2D eigenvalue weighted by molar-refractivity contribution is 5.74. The quantitative estimate of drug-likeness (QED) is 0.173. The first-order valence-electron chi connectivity index (χ1n) is 11.2. The lowest BCUT2D eigenvalue weighted by Gasteiger charge is -2.28. The maximum atomic E-state index is 11.9. The molecule has 0 aromatic heterocycles. The van der Waals surface area contributed by atoms with Crippen molar-refractivity contribution in [1.29, 1.82) is 0 Å². The number of quaternary nitrogens is 1. The summed E-state index contributed by atoms with van der Waals surface area (Å²) in [5.74, 6) is 0.206. The molecule has 0 radical (unpaired) electrons. The molecule has 0 spiro atoms. The zero-order valence-corrected chi connectivity index (χ0v) is 17.9. The Morgan fingerprint density at radius 2 is 1.04 bits per heavy atom. The van der Waals surface area contributed by atoms with E-state index in [1.165, 1.54) is 83.5 Å². The molecule has 0 fully saturated rings. The van der Waals surface area contributed by atoms with Gasteiger partial charge in [-0.1, -0.05) is 97.3 Å². The molecule has 0 rings (SSSR count). The maximum absolute atomic E-state index is 11.9. The van der Waals surface area contributed by atoms with Crippen LogP contribution in [0, 0.1) is 0 Å². The minimum absolute atomic E-state index is 0.206. The third-order valence-electron chi connectivity index (χ3n) is 4.97. The van der Waals surface area contributed by atoms with Gasteiger partial charge in [0.15, 0.2) is 0 Å². The van der Waals surface area contributed by atoms with Crippen LogP contribution in [0.1, 0.15) is 117 Å². The van der Waals surface area contributed by atoms with E-state index in [0.717, 1.165) is 19.4 Å². The van der Waals surface area contributed by atoms with E-state index in [9.17, 15) is 4.79 Å². The van der Waals surface area contributed by atoms with Crippen LogP contribution < -0.4 is 5.43 Å². The number of carbonyl (C=O) groups excluding carboxylic acids is 1. The molecule has 150 valence electrons. The number of rotatable bonds is 18. The lowest BCUT2D eigenvalue weighted by atomic mass is 10.0. The average Bonchev–Trinajstić information content (AvgIpc) is 2.54. The second-order valence-corrected chi connectivity index (χ2v) is 8.29. The van der Waals surface area contributed by atoms with E-state index in [1.807, 2.05) is 0 Å². The second kappa shape index (κ2) is 16.9. The van der Waals surface area contributed by atoms with Crippen LogP contribution in [0.25, 0.3) is 0 Å². The Kier molecular flexibility index (Phi) is 16.5. The van der Waals surface area contributed by atoms with E-state index in [2.05, 4.69) is 33.4 Å². The van der Waals surface area contributed by atoms with Gasteiger partial charge in [-0.25, -0.2) is 10.0 Å². The van der Waals surface area contributed by atoms with Crippen molar-refractivity contribution in [3.05, 3.63) is 0 Å². The Morgan fingerprint density at radius 1 is 0.640 bits per heavy atom. The van der Waals surface area contributed by atoms with Gasteiger partial charge in [-0.05, 0) is 12.8 Å². The van der Waals surface area contributed by atoms with Crippen LogP contribution in [0.3, 0.4) is 0 Å². The van der Waals surface area contributed by atoms with Crippen molar-refractivity contribution in [3.63, 3.8) is 0 Å². The Balaban J connectivity index is 3.27. The topological polar surface area (TPSA) is 29.1 Å². The van der Waals surface area contributed by atoms with Crippen molar-refractivity contribution in [3.8, 4) is 0 Å². The Hall–Kier alpha value is -0.570. The summed E-state index contributed by atoms with van der Waals surface area (Å²) in [6.07, 6.45) is 20.8. The molecule has 0 aromatic rings. The molecule has 0 saturated carbocycles. The molecule has 0 aliphatic heterocycles. The Labute approximate surface area is 158 Å². The molecule has 25 heavy (non-hydrogen) atoms. The molecule has 0 unspecified atom stereocenters. The van der Waals surface area contributed by atoms with Gasteiger partial charge in [0.25, 0.3) is 5.91 Å². The monoisotopic (exact) mass is 355 g/mol. The van der Waals surface area contributed by atoms with Crippen molar-refractivity contribution in [2.75, 3.05) is 20.6 Å². The average molecular weight is 356 g/mol. The highest BCUT2D eigenvalue weighted by Gasteiger charge is 2.16. The van der Waals surface area contributed by atoms with Gasteiger partial charge in [-0.2, -0.15) is 0 Å². The molecule has 0 aliphatic rings. The minimum atomic E-state index is 0.206. The van der Waals surface area contributed by atoms with Gasteiger partial charge in [0.2, 0.25) is 0 Å². The molecule has 3 nitrogen and oxygen atoms in total. The van der Waals surface area contributed by atoms with Gasteiger partial charge < -0.3 is 0 Å². The van der Waals surface area contributed by atoms with Crippen LogP contribution >= 0.6 is 0 Å². The van der Waals surface area contributed by atoms with Gasteiger partial charge in [0.1, 0.15) is 6.54 Å². The molecule has 0 saturated heterocycles. The smallest absolute Gasteiger partial charge is 0.264 e. The fourth-order valence-corrected chi connectivity index (χ4v) is 3.49. The number of nitrogens with zero attached hydrogens (tertiary/aromatic N) is 1. The Bertz CT molecular complexity index is 302. The lowest BCUT2D eigenvalue weighted by Crippen LogP contribution is -2.54. The highest BCUT2D eigenvalue weighted by Crippen LogP contribution is 2.13. The van der Waals surface area contributed by atoms with E-state index in [-0.39, 0.29) is 5.91 Å². The lowest BCUT2D eigenvalue weighted by molar-refractivity contribution is -0.925. The van der Waals surface area contributed by atoms with Crippen LogP contribution in [0.4, 0.5) is 0 Å². The van der Waals surface area contributed by atoms with E-state index < -0.39 is 0 Å². The van der Waals surface area contributed by atoms with Crippen molar-refractivity contribution in [2.45, 2.75) is 117 Å². The minimum Gasteiger partial charge on any atom is -0.270 e. The summed E-state index contributed by atoms with van der Waals surface area (Å²) in [6.45, 7) is 5.42. The summed E-state index contributed by atoms with van der Waals surface area (Å²) >= 11 is 0. The van der Waals surface area contributed by atoms with E-state index in [4.69, 9.17) is 0 Å². The van der Waals surface area contributed by atoms with Crippen LogP contribution in [-0.4, -0.2) is 31.1 Å². The highest BCUT2D eigenvalue weighted by atomic mass is 16.2. The van der Waals surface area contributed by atoms with Gasteiger partial charge in [0, 0.05) is 6.42 Å². The molecular formula is C22H47N2O+. The summed E-state index contributed by atoms with van der Waals surface area (Å²) in [5.41, 5.74) is 3.10. The summed E-state index contributed by atoms with van der Waals surface area (Å²) in [6, 6.07) is 0. The van der Waals surface area contributed by atoms with E-state index in [1.54, 1.807) is 0 Å². The van der Waals surface area contributed by atoms with E-state index in [0.29, 0.717) is 11.0 Å². The fourth-order valence-electron chi connectivity index (χ4n) is 3.49. The number of amides is 1. The van der Waals surface area contributed by atoms with Crippen LogP contribution in [-0.2, 0) is 4.79 Å². The number of nitrogens with one attached hydrogen (secondary N) is 1. The predicted molar refractivity (Wildman–Crippen MR) is 110 cm³/mol. The van der Waals surface area contributed by atoms with Gasteiger partial charge >= 0.3 is 0 Å². The number of hydrogen-bond acceptors (Lipinski definition) is 1. The number of hydrogen-bond donors (Lipinski definition) is 1. The van der Waals surface area contributed by atoms with Crippen molar-refractivity contribution in [1.82, 2.24) is 5.43 Å². The zero-order valence-electron chi connectivity index (χ0n) is 17.9. The third kappa shape index (κ3) is 18.0. The van der Waals surface area contributed by atoms with Crippen molar-refractivity contribution in [2.24, 2.45) is 0 Å². The summed E-state index contributed by atoms with van der Waals surface area (Å²) in [4.78, 5) is 11.9. The second-order valence-electron chi connectivity index (χ2n) is 8.29. The van der Waals surface area contributed by atoms with Crippen LogP contribution in [0.2, 0.25) is 0 Å². The standard InChI is InChI=1S/C22H46N2O/c1-5-7-8-9-10-11-12-13-14-15-16-17-18-19-20-22(25)23-24(3,4)21-6-2/h5-21H2,1-4H3/p+1. The number of unbranched alkanes of at least 4 members (excludes halogenated alkanes) is 13. The maximum Gasteiger partial charge on any atom is 0.264 e. The zero-order chi connectivity index (χ0) is 18.8. The molecule has 0 aliphatic carbocycles. The largest absolute Gasteiger partial charge is 0.270 e. The molecule has 1 N–H and O–H groups in total. The van der Waals surface area contributed by atoms with Crippen LogP contribution in [0.5, 0.6) is 0 Å². The molecule has 0 aromatic carbocycles. The summed E-state index contributed by atoms with van der Waals surface area (Å²) in [5, 5.41) is 0. The normalized spacial score (nSPS) is 11.7. The molecule has 0 atom stereocenters. The number of carbonyl (C=O) groups is 1. The van der Waals surface area contributed by atoms with Gasteiger partial charge in [-0.3, -0.25) is 4.79 Å². The van der Waals surface area contributed by atoms with Gasteiger partial charge in [-0.15, -0.1) is 0 Å². The first-order valence-corrected chi connectivity index (χ1v) is 11.2. The van der Waals surface area contributed by atoms with Gasteiger partial charge in [0.05, 0.1) is 14.1 Å². The van der Waals surface area contributed by atoms with Crippen LogP contribution in [0.15, 0.2) is 0 Å². The summed E-state index contributed by atoms with van der Waals surface area (Å²) in [7, 11) is 4.12. The predicted octanol–water partition coefficient (Wildman–Crippen LogP) is 6.38. The fraction of sp³-hybridized carbons (Fsp3) is 0.955. The SMILES string of the molecule is CCCCCCCCCCCCCCCCC(=O)N[N+](C)(C)CCC. The molecule has 1 amide bonds. The molecular weight excluding hydrogens is 308 g/mol. The summed E-state index contributed by atoms with van der Waals surface area (Å²) < 4.78 is 0.605. The molecule has 0 heterocycles. The first kappa shape index (κ1) is 24.4. The molecule has 3 heteroatoms. The van der Waals surface area contributed by atoms with E-state index >= 15 is 0 Å². The Morgan fingerprint density at radius 3 is 1.44 bits per heavy atom. The first-order chi connectivity index (χ1) is 12.0. The van der Waals surface area contributed by atoms with Crippen molar-refractivity contribution >= 4 is 5.91 Å². The third-order valence-corrected chi connectivity index (χ3v) is 4.97.